The highest BCUT2D eigenvalue weighted by Gasteiger charge is 2.16. The van der Waals surface area contributed by atoms with Crippen LogP contribution in [0.1, 0.15) is 78.1 Å². The van der Waals surface area contributed by atoms with Crippen LogP contribution in [-0.4, -0.2) is 12.6 Å². The molecule has 0 radical (unpaired) electrons. The van der Waals surface area contributed by atoms with E-state index in [4.69, 9.17) is 0 Å². The second-order valence-electron chi connectivity index (χ2n) is 5.68. The largest absolute Gasteiger partial charge is 0.314 e. The van der Waals surface area contributed by atoms with Gasteiger partial charge in [-0.1, -0.05) is 46.0 Å². The van der Waals surface area contributed by atoms with Crippen LogP contribution in [0, 0.1) is 5.92 Å². The predicted octanol–water partition coefficient (Wildman–Crippen LogP) is 4.52. The monoisotopic (exact) mass is 225 g/mol. The fraction of sp³-hybridized carbons (Fsp3) is 1.00. The summed E-state index contributed by atoms with van der Waals surface area (Å²) in [5.41, 5.74) is 0. The van der Waals surface area contributed by atoms with E-state index in [1.165, 1.54) is 70.8 Å². The molecule has 0 saturated heterocycles. The van der Waals surface area contributed by atoms with Crippen molar-refractivity contribution in [2.24, 2.45) is 5.92 Å². The van der Waals surface area contributed by atoms with Gasteiger partial charge in [-0.05, 0) is 44.6 Å². The average molecular weight is 225 g/mol. The standard InChI is InChI=1S/C15H31N/c1-3-4-5-6-7-8-13-16-15-11-9-14(2)10-12-15/h14-16H,3-13H2,1-2H3. The van der Waals surface area contributed by atoms with E-state index >= 15 is 0 Å². The van der Waals surface area contributed by atoms with Crippen molar-refractivity contribution in [2.45, 2.75) is 84.1 Å². The summed E-state index contributed by atoms with van der Waals surface area (Å²) in [5.74, 6) is 0.979. The van der Waals surface area contributed by atoms with Crippen LogP contribution in [0.2, 0.25) is 0 Å². The Morgan fingerprint density at radius 1 is 0.875 bits per heavy atom. The van der Waals surface area contributed by atoms with E-state index in [2.05, 4.69) is 19.2 Å². The fourth-order valence-electron chi connectivity index (χ4n) is 2.68. The van der Waals surface area contributed by atoms with Crippen LogP contribution >= 0.6 is 0 Å². The number of hydrogen-bond acceptors (Lipinski definition) is 1. The minimum atomic E-state index is 0.840. The first-order valence-electron chi connectivity index (χ1n) is 7.56. The van der Waals surface area contributed by atoms with E-state index < -0.39 is 0 Å². The van der Waals surface area contributed by atoms with Crippen molar-refractivity contribution in [2.75, 3.05) is 6.54 Å². The van der Waals surface area contributed by atoms with Gasteiger partial charge in [0.2, 0.25) is 0 Å². The fourth-order valence-corrected chi connectivity index (χ4v) is 2.68. The lowest BCUT2D eigenvalue weighted by Crippen LogP contribution is -2.33. The van der Waals surface area contributed by atoms with Crippen molar-refractivity contribution in [1.82, 2.24) is 5.32 Å². The van der Waals surface area contributed by atoms with Crippen molar-refractivity contribution < 1.29 is 0 Å². The number of hydrogen-bond donors (Lipinski definition) is 1. The molecule has 0 heterocycles. The molecule has 1 aliphatic carbocycles. The summed E-state index contributed by atoms with van der Waals surface area (Å²) in [6.07, 6.45) is 14.2. The molecule has 1 saturated carbocycles. The Morgan fingerprint density at radius 3 is 2.19 bits per heavy atom. The van der Waals surface area contributed by atoms with Crippen LogP contribution in [0.15, 0.2) is 0 Å². The Kier molecular flexibility index (Phi) is 7.92. The molecule has 16 heavy (non-hydrogen) atoms. The molecule has 1 N–H and O–H groups in total. The van der Waals surface area contributed by atoms with Crippen molar-refractivity contribution in [3.8, 4) is 0 Å². The highest BCUT2D eigenvalue weighted by molar-refractivity contribution is 4.74. The highest BCUT2D eigenvalue weighted by Crippen LogP contribution is 2.23. The first-order chi connectivity index (χ1) is 7.83. The van der Waals surface area contributed by atoms with Gasteiger partial charge in [-0.15, -0.1) is 0 Å². The van der Waals surface area contributed by atoms with E-state index in [-0.39, 0.29) is 0 Å². The lowest BCUT2D eigenvalue weighted by Gasteiger charge is -2.27. The molecule has 1 aliphatic rings. The van der Waals surface area contributed by atoms with E-state index in [1.54, 1.807) is 0 Å². The summed E-state index contributed by atoms with van der Waals surface area (Å²) in [6.45, 7) is 5.93. The molecule has 0 aromatic carbocycles. The van der Waals surface area contributed by atoms with Gasteiger partial charge in [-0.25, -0.2) is 0 Å². The summed E-state index contributed by atoms with van der Waals surface area (Å²) in [6, 6.07) is 0.840. The Labute approximate surface area is 102 Å². The Bertz CT molecular complexity index is 148. The van der Waals surface area contributed by atoms with Crippen molar-refractivity contribution in [3.63, 3.8) is 0 Å². The first-order valence-corrected chi connectivity index (χ1v) is 7.56. The van der Waals surface area contributed by atoms with Gasteiger partial charge in [-0.3, -0.25) is 0 Å². The molecule has 0 amide bonds. The van der Waals surface area contributed by atoms with Gasteiger partial charge >= 0.3 is 0 Å². The zero-order chi connectivity index (χ0) is 11.6. The third-order valence-electron chi connectivity index (χ3n) is 3.98. The Balaban J connectivity index is 1.84. The van der Waals surface area contributed by atoms with E-state index in [0.29, 0.717) is 0 Å². The van der Waals surface area contributed by atoms with E-state index in [1.807, 2.05) is 0 Å². The highest BCUT2D eigenvalue weighted by atomic mass is 14.9. The van der Waals surface area contributed by atoms with Crippen LogP contribution in [-0.2, 0) is 0 Å². The summed E-state index contributed by atoms with van der Waals surface area (Å²) in [5, 5.41) is 3.73. The van der Waals surface area contributed by atoms with Gasteiger partial charge in [0.25, 0.3) is 0 Å². The predicted molar refractivity (Wildman–Crippen MR) is 72.8 cm³/mol. The molecule has 1 rings (SSSR count). The summed E-state index contributed by atoms with van der Waals surface area (Å²) in [4.78, 5) is 0. The molecule has 0 atom stereocenters. The maximum atomic E-state index is 3.73. The first kappa shape index (κ1) is 14.0. The molecule has 0 aromatic heterocycles. The van der Waals surface area contributed by atoms with Gasteiger partial charge in [-0.2, -0.15) is 0 Å². The van der Waals surface area contributed by atoms with Gasteiger partial charge in [0.05, 0.1) is 0 Å². The average Bonchev–Trinajstić information content (AvgIpc) is 2.30. The van der Waals surface area contributed by atoms with Gasteiger partial charge in [0.15, 0.2) is 0 Å². The molecular formula is C15H31N. The number of unbranched alkanes of at least 4 members (excludes halogenated alkanes) is 5. The molecule has 0 unspecified atom stereocenters. The Hall–Kier alpha value is -0.0400. The van der Waals surface area contributed by atoms with Crippen LogP contribution in [0.25, 0.3) is 0 Å². The third-order valence-corrected chi connectivity index (χ3v) is 3.98. The van der Waals surface area contributed by atoms with Crippen molar-refractivity contribution in [1.29, 1.82) is 0 Å². The molecule has 0 spiro atoms. The second-order valence-corrected chi connectivity index (χ2v) is 5.68. The molecule has 1 fully saturated rings. The summed E-state index contributed by atoms with van der Waals surface area (Å²) < 4.78 is 0. The maximum absolute atomic E-state index is 3.73. The Morgan fingerprint density at radius 2 is 1.50 bits per heavy atom. The maximum Gasteiger partial charge on any atom is 0.00672 e. The summed E-state index contributed by atoms with van der Waals surface area (Å²) in [7, 11) is 0. The second kappa shape index (κ2) is 9.04. The number of rotatable bonds is 8. The lowest BCUT2D eigenvalue weighted by atomic mass is 9.87. The SMILES string of the molecule is CCCCCCCCNC1CCC(C)CC1. The normalized spacial score (nSPS) is 25.9. The van der Waals surface area contributed by atoms with E-state index in [0.717, 1.165) is 12.0 Å². The quantitative estimate of drug-likeness (QED) is 0.599. The molecular weight excluding hydrogens is 194 g/mol. The number of nitrogens with one attached hydrogen (secondary N) is 1. The van der Waals surface area contributed by atoms with Gasteiger partial charge < -0.3 is 5.32 Å². The zero-order valence-electron chi connectivity index (χ0n) is 11.4. The topological polar surface area (TPSA) is 12.0 Å². The summed E-state index contributed by atoms with van der Waals surface area (Å²) >= 11 is 0. The van der Waals surface area contributed by atoms with Gasteiger partial charge in [0.1, 0.15) is 0 Å². The van der Waals surface area contributed by atoms with Gasteiger partial charge in [0, 0.05) is 6.04 Å². The van der Waals surface area contributed by atoms with Crippen LogP contribution in [0.5, 0.6) is 0 Å². The van der Waals surface area contributed by atoms with Crippen LogP contribution in [0.3, 0.4) is 0 Å². The molecule has 1 nitrogen and oxygen atoms in total. The molecule has 0 aliphatic heterocycles. The zero-order valence-corrected chi connectivity index (χ0v) is 11.4. The smallest absolute Gasteiger partial charge is 0.00672 e. The van der Waals surface area contributed by atoms with E-state index in [9.17, 15) is 0 Å². The third kappa shape index (κ3) is 6.52. The molecule has 1 heteroatoms. The van der Waals surface area contributed by atoms with Crippen LogP contribution in [0.4, 0.5) is 0 Å². The minimum Gasteiger partial charge on any atom is -0.314 e. The minimum absolute atomic E-state index is 0.840. The lowest BCUT2D eigenvalue weighted by molar-refractivity contribution is 0.306. The molecule has 0 aromatic rings. The molecule has 0 bridgehead atoms. The van der Waals surface area contributed by atoms with Crippen molar-refractivity contribution >= 4 is 0 Å². The molecule has 96 valence electrons. The van der Waals surface area contributed by atoms with Crippen LogP contribution < -0.4 is 5.32 Å². The van der Waals surface area contributed by atoms with Crippen molar-refractivity contribution in [3.05, 3.63) is 0 Å².